The third-order valence-electron chi connectivity index (χ3n) is 6.68. The molecule has 0 aromatic heterocycles. The van der Waals surface area contributed by atoms with Gasteiger partial charge in [-0.15, -0.1) is 0 Å². The van der Waals surface area contributed by atoms with Crippen LogP contribution in [-0.4, -0.2) is 22.8 Å². The molecule has 0 bridgehead atoms. The molecule has 29 heavy (non-hydrogen) atoms. The predicted octanol–water partition coefficient (Wildman–Crippen LogP) is 4.41. The van der Waals surface area contributed by atoms with Gasteiger partial charge in [-0.05, 0) is 62.3 Å². The molecule has 1 saturated carbocycles. The zero-order valence-corrected chi connectivity index (χ0v) is 16.8. The first-order chi connectivity index (χ1) is 14.0. The van der Waals surface area contributed by atoms with E-state index in [-0.39, 0.29) is 23.8 Å². The van der Waals surface area contributed by atoms with Crippen LogP contribution in [0.5, 0.6) is 5.75 Å². The lowest BCUT2D eigenvalue weighted by Crippen LogP contribution is -2.44. The van der Waals surface area contributed by atoms with Crippen LogP contribution in [0.3, 0.4) is 0 Å². The standard InChI is InChI=1S/C24H28N2O3/c1-15-7-8-22-19(11-15)21(14-24(29-22)9-2-3-10-24)26-23(28)25-20-6-4-5-16-12-17(27)13-18(16)20/h4-8,11,17,21,27H,2-3,9-10,12-14H2,1H3,(H2,25,26,28). The second-order valence-corrected chi connectivity index (χ2v) is 8.89. The Bertz CT molecular complexity index is 949. The molecule has 3 aliphatic rings. The van der Waals surface area contributed by atoms with Crippen LogP contribution in [0.25, 0.3) is 0 Å². The fourth-order valence-corrected chi connectivity index (χ4v) is 5.31. The minimum absolute atomic E-state index is 0.0703. The molecule has 2 amide bonds. The molecule has 2 unspecified atom stereocenters. The molecule has 5 nitrogen and oxygen atoms in total. The molecule has 1 spiro atoms. The molecule has 2 aromatic carbocycles. The van der Waals surface area contributed by atoms with Gasteiger partial charge in [0.2, 0.25) is 0 Å². The maximum absolute atomic E-state index is 12.9. The zero-order chi connectivity index (χ0) is 20.0. The van der Waals surface area contributed by atoms with Gasteiger partial charge in [-0.3, -0.25) is 0 Å². The summed E-state index contributed by atoms with van der Waals surface area (Å²) in [5.74, 6) is 0.901. The first kappa shape index (κ1) is 18.5. The molecule has 0 saturated heterocycles. The molecule has 1 heterocycles. The van der Waals surface area contributed by atoms with Gasteiger partial charge in [0.1, 0.15) is 11.4 Å². The molecule has 152 valence electrons. The number of carbonyl (C=O) groups excluding carboxylic acids is 1. The molecule has 3 N–H and O–H groups in total. The minimum atomic E-state index is -0.358. The summed E-state index contributed by atoms with van der Waals surface area (Å²) in [5.41, 5.74) is 5.03. The quantitative estimate of drug-likeness (QED) is 0.709. The van der Waals surface area contributed by atoms with Gasteiger partial charge in [0.25, 0.3) is 0 Å². The third-order valence-corrected chi connectivity index (χ3v) is 6.68. The number of urea groups is 1. The second kappa shape index (κ2) is 7.06. The van der Waals surface area contributed by atoms with Gasteiger partial charge in [-0.1, -0.05) is 29.8 Å². The van der Waals surface area contributed by atoms with Gasteiger partial charge in [0, 0.05) is 24.1 Å². The van der Waals surface area contributed by atoms with E-state index in [1.165, 1.54) is 12.8 Å². The van der Waals surface area contributed by atoms with E-state index < -0.39 is 0 Å². The average Bonchev–Trinajstić information content (AvgIpc) is 3.29. The van der Waals surface area contributed by atoms with Crippen LogP contribution >= 0.6 is 0 Å². The molecule has 2 aromatic rings. The van der Waals surface area contributed by atoms with E-state index in [1.54, 1.807) is 0 Å². The van der Waals surface area contributed by atoms with E-state index in [0.29, 0.717) is 12.8 Å². The largest absolute Gasteiger partial charge is 0.487 e. The fraction of sp³-hybridized carbons (Fsp3) is 0.458. The lowest BCUT2D eigenvalue weighted by Gasteiger charge is -2.40. The van der Waals surface area contributed by atoms with Gasteiger partial charge in [0.05, 0.1) is 12.1 Å². The topological polar surface area (TPSA) is 70.6 Å². The number of hydrogen-bond donors (Lipinski definition) is 3. The third kappa shape index (κ3) is 3.48. The van der Waals surface area contributed by atoms with Crippen LogP contribution in [-0.2, 0) is 12.8 Å². The smallest absolute Gasteiger partial charge is 0.319 e. The summed E-state index contributed by atoms with van der Waals surface area (Å²) in [6.45, 7) is 2.07. The number of aliphatic hydroxyl groups is 1. The first-order valence-electron chi connectivity index (χ1n) is 10.7. The monoisotopic (exact) mass is 392 g/mol. The summed E-state index contributed by atoms with van der Waals surface area (Å²) in [7, 11) is 0. The van der Waals surface area contributed by atoms with Gasteiger partial charge >= 0.3 is 6.03 Å². The second-order valence-electron chi connectivity index (χ2n) is 8.89. The molecular weight excluding hydrogens is 364 g/mol. The van der Waals surface area contributed by atoms with E-state index >= 15 is 0 Å². The molecule has 5 heteroatoms. The number of ether oxygens (including phenoxy) is 1. The summed E-state index contributed by atoms with van der Waals surface area (Å²) in [6, 6.07) is 11.8. The lowest BCUT2D eigenvalue weighted by atomic mass is 9.85. The van der Waals surface area contributed by atoms with Crippen molar-refractivity contribution in [2.24, 2.45) is 0 Å². The number of amides is 2. The number of fused-ring (bicyclic) bond motifs is 2. The maximum Gasteiger partial charge on any atom is 0.319 e. The Morgan fingerprint density at radius 2 is 2.00 bits per heavy atom. The van der Waals surface area contributed by atoms with Gasteiger partial charge in [0.15, 0.2) is 0 Å². The summed E-state index contributed by atoms with van der Waals surface area (Å²) in [6.07, 6.45) is 6.15. The van der Waals surface area contributed by atoms with Gasteiger partial charge in [-0.25, -0.2) is 4.79 Å². The lowest BCUT2D eigenvalue weighted by molar-refractivity contribution is 0.0387. The average molecular weight is 392 g/mol. The summed E-state index contributed by atoms with van der Waals surface area (Å²) in [4.78, 5) is 12.9. The SMILES string of the molecule is Cc1ccc2c(c1)C(NC(=O)Nc1cccc3c1CC(O)C3)CC1(CCCC1)O2. The van der Waals surface area contributed by atoms with E-state index in [2.05, 4.69) is 29.7 Å². The van der Waals surface area contributed by atoms with Gasteiger partial charge in [-0.2, -0.15) is 0 Å². The van der Waals surface area contributed by atoms with Crippen molar-refractivity contribution in [1.29, 1.82) is 0 Å². The van der Waals surface area contributed by atoms with Crippen LogP contribution in [0.4, 0.5) is 10.5 Å². The summed E-state index contributed by atoms with van der Waals surface area (Å²) < 4.78 is 6.44. The van der Waals surface area contributed by atoms with Crippen LogP contribution in [0.1, 0.15) is 60.4 Å². The summed E-state index contributed by atoms with van der Waals surface area (Å²) >= 11 is 0. The molecule has 2 atom stereocenters. The van der Waals surface area contributed by atoms with Crippen molar-refractivity contribution in [3.63, 3.8) is 0 Å². The van der Waals surface area contributed by atoms with Crippen molar-refractivity contribution in [3.05, 3.63) is 58.7 Å². The Morgan fingerprint density at radius 1 is 1.17 bits per heavy atom. The number of anilines is 1. The molecule has 2 aliphatic carbocycles. The van der Waals surface area contributed by atoms with Crippen LogP contribution in [0, 0.1) is 6.92 Å². The molecular formula is C24H28N2O3. The zero-order valence-electron chi connectivity index (χ0n) is 16.8. The fourth-order valence-electron chi connectivity index (χ4n) is 5.31. The Labute approximate surface area is 171 Å². The van der Waals surface area contributed by atoms with Crippen molar-refractivity contribution in [1.82, 2.24) is 5.32 Å². The molecule has 5 rings (SSSR count). The summed E-state index contributed by atoms with van der Waals surface area (Å²) in [5, 5.41) is 16.2. The molecule has 1 fully saturated rings. The normalized spacial score (nSPS) is 23.9. The van der Waals surface area contributed by atoms with Crippen molar-refractivity contribution in [2.75, 3.05) is 5.32 Å². The Hall–Kier alpha value is -2.53. The van der Waals surface area contributed by atoms with Crippen molar-refractivity contribution >= 4 is 11.7 Å². The highest BCUT2D eigenvalue weighted by Crippen LogP contribution is 2.47. The highest BCUT2D eigenvalue weighted by Gasteiger charge is 2.43. The molecule has 0 radical (unpaired) electrons. The van der Waals surface area contributed by atoms with Crippen molar-refractivity contribution in [3.8, 4) is 5.75 Å². The number of rotatable bonds is 2. The van der Waals surface area contributed by atoms with Crippen molar-refractivity contribution < 1.29 is 14.6 Å². The number of aliphatic hydroxyl groups excluding tert-OH is 1. The highest BCUT2D eigenvalue weighted by atomic mass is 16.5. The molecule has 1 aliphatic heterocycles. The maximum atomic E-state index is 12.9. The number of carbonyl (C=O) groups is 1. The van der Waals surface area contributed by atoms with Crippen LogP contribution < -0.4 is 15.4 Å². The number of nitrogens with one attached hydrogen (secondary N) is 2. The van der Waals surface area contributed by atoms with E-state index in [1.807, 2.05) is 24.3 Å². The van der Waals surface area contributed by atoms with E-state index in [9.17, 15) is 9.90 Å². The van der Waals surface area contributed by atoms with E-state index in [4.69, 9.17) is 4.74 Å². The van der Waals surface area contributed by atoms with Gasteiger partial charge < -0.3 is 20.5 Å². The number of hydrogen-bond acceptors (Lipinski definition) is 3. The Morgan fingerprint density at radius 3 is 2.83 bits per heavy atom. The first-order valence-corrected chi connectivity index (χ1v) is 10.7. The minimum Gasteiger partial charge on any atom is -0.487 e. The van der Waals surface area contributed by atoms with Crippen LogP contribution in [0.2, 0.25) is 0 Å². The van der Waals surface area contributed by atoms with Crippen LogP contribution in [0.15, 0.2) is 36.4 Å². The Kier molecular flexibility index (Phi) is 4.50. The Balaban J connectivity index is 1.38. The highest BCUT2D eigenvalue weighted by molar-refractivity contribution is 5.91. The number of benzene rings is 2. The number of aryl methyl sites for hydroxylation is 1. The predicted molar refractivity (Wildman–Crippen MR) is 112 cm³/mol. The van der Waals surface area contributed by atoms with E-state index in [0.717, 1.165) is 53.0 Å². The van der Waals surface area contributed by atoms with Crippen molar-refractivity contribution in [2.45, 2.75) is 69.6 Å².